The number of hydrogen-bond donors (Lipinski definition) is 8. The topological polar surface area (TPSA) is 578 Å². The van der Waals surface area contributed by atoms with Gasteiger partial charge in [0.15, 0.2) is 43.2 Å². The van der Waals surface area contributed by atoms with Crippen molar-refractivity contribution in [3.63, 3.8) is 0 Å². The molecular formula is C92H107N24O24P3. The van der Waals surface area contributed by atoms with Crippen LogP contribution in [-0.2, 0) is 106 Å². The van der Waals surface area contributed by atoms with Crippen LogP contribution in [0, 0.1) is 6.92 Å². The maximum Gasteiger partial charge on any atom is 0.477 e. The Balaban J connectivity index is 0.000000161. The molecular weight excluding hydrogens is 1920 g/mol. The number of aromatic amines is 1. The van der Waals surface area contributed by atoms with Crippen molar-refractivity contribution in [3.8, 4) is 90.8 Å². The standard InChI is InChI=1S/C28H37N6O7P.C24H29N6O7P.C20H21N6O7P.C20H20N6O3/c1-27(2,3)40-42(36,41-28(4,5)6)38-19-34-17-20(16-30-34)23-11-12-24(39-23)26(35)31-22-18-33(14-15-37-7)32-25(22)21-10-8-9-13-29-21;1-24(2,3)37-38(32,33)35-16-30-14-17(13-26-30)20-8-9-21(36-20)23(31)27-19-15-29(11-12-34-4)28-22(19)18-7-5-6-10-25-18;1-31-9-8-25-12-16(19(24-25)15-4-2-3-7-21-15)23-20(27)18-6-5-17(33-18)14-10-22-26(11-14)13-32-34(28,29)30;1-13-14(11-22-24-13)17-6-7-18(29-17)20(27)23-16-12-26(9-10-28-2)25-19(16)15-5-3-4-8-21-15/h8-13,16-18H,14-15,19H2,1-7H3,(H,31,35);5-10,13-15H,11-12,16H2,1-4H3,(H,27,31)(H,32,33);2-7,10-12H,8-9,13H2,1H3,(H,23,27)(H2,28,29,30);3-8,11-12H,9-10H2,1-2H3,(H,22,24)(H,23,27). The van der Waals surface area contributed by atoms with Crippen molar-refractivity contribution in [1.29, 1.82) is 0 Å². The van der Waals surface area contributed by atoms with Gasteiger partial charge in [0.1, 0.15) is 45.8 Å². The molecule has 1 atom stereocenters. The van der Waals surface area contributed by atoms with E-state index in [9.17, 15) is 37.8 Å². The number of anilines is 4. The summed E-state index contributed by atoms with van der Waals surface area (Å²) in [4.78, 5) is 96.5. The van der Waals surface area contributed by atoms with Crippen molar-refractivity contribution in [3.05, 3.63) is 243 Å². The van der Waals surface area contributed by atoms with Gasteiger partial charge in [-0.2, -0.15) is 40.8 Å². The molecule has 1 unspecified atom stereocenters. The number of aryl methyl sites for hydroxylation is 1. The van der Waals surface area contributed by atoms with Crippen molar-refractivity contribution in [2.24, 2.45) is 0 Å². The number of pyridine rings is 4. The quantitative estimate of drug-likeness (QED) is 0.0165. The zero-order chi connectivity index (χ0) is 102. The molecule has 16 heterocycles. The van der Waals surface area contributed by atoms with E-state index < -0.39 is 64.7 Å². The Hall–Kier alpha value is -14.6. The first-order valence-electron chi connectivity index (χ1n) is 43.9. The molecule has 4 amide bonds. The molecule has 16 aromatic rings. The molecule has 143 heavy (non-hydrogen) atoms. The zero-order valence-corrected chi connectivity index (χ0v) is 82.9. The van der Waals surface area contributed by atoms with Gasteiger partial charge in [0.2, 0.25) is 0 Å². The minimum absolute atomic E-state index is 0.0471. The average Bonchev–Trinajstić information content (AvgIpc) is 1.66. The minimum Gasteiger partial charge on any atom is -0.451 e. The van der Waals surface area contributed by atoms with E-state index >= 15 is 0 Å². The van der Waals surface area contributed by atoms with Crippen molar-refractivity contribution < 1.29 is 111 Å². The van der Waals surface area contributed by atoms with Crippen LogP contribution in [0.4, 0.5) is 22.7 Å². The predicted molar refractivity (Wildman–Crippen MR) is 517 cm³/mol. The Bertz CT molecular complexity index is 7010. The molecule has 0 aliphatic rings. The highest BCUT2D eigenvalue weighted by atomic mass is 31.2. The fourth-order valence-electron chi connectivity index (χ4n) is 13.0. The highest BCUT2D eigenvalue weighted by molar-refractivity contribution is 7.48. The normalized spacial score (nSPS) is 12.2. The van der Waals surface area contributed by atoms with E-state index in [0.29, 0.717) is 161 Å². The smallest absolute Gasteiger partial charge is 0.451 e. The summed E-state index contributed by atoms with van der Waals surface area (Å²) in [5, 5.41) is 48.7. The Morgan fingerprint density at radius 3 is 0.937 bits per heavy atom. The number of carbonyl (C=O) groups excluding carboxylic acids is 4. The van der Waals surface area contributed by atoms with E-state index in [1.807, 2.05) is 49.4 Å². The SMILES string of the molecule is COCCn1cc(NC(=O)c2ccc(-c3cn[nH]c3C)o2)c(-c2ccccn2)n1.COCCn1cc(NC(=O)c2ccc(-c3cnn(COP(=O)(O)O)c3)o2)c(-c2ccccn2)n1.COCCn1cc(NC(=O)c2ccc(-c3cnn(COP(=O)(O)OC(C)(C)C)c3)o2)c(-c2ccccn2)n1.COCCn1cc(NC(=O)c2ccc(-c3cnn(COP(=O)(OC(C)(C)C)OC(C)(C)C)c3)o2)c(-c2ccccn2)n1. The second-order valence-electron chi connectivity index (χ2n) is 33.9. The molecule has 8 N–H and O–H groups in total. The number of rotatable bonds is 40. The van der Waals surface area contributed by atoms with Crippen LogP contribution < -0.4 is 21.3 Å². The number of aromatic nitrogens is 20. The van der Waals surface area contributed by atoms with Crippen molar-refractivity contribution in [2.45, 2.75) is 132 Å². The number of nitrogens with zero attached hydrogens (tertiary/aromatic N) is 19. The van der Waals surface area contributed by atoms with Crippen molar-refractivity contribution in [1.82, 2.24) is 98.6 Å². The summed E-state index contributed by atoms with van der Waals surface area (Å²) >= 11 is 0. The largest absolute Gasteiger partial charge is 0.477 e. The third-order valence-electron chi connectivity index (χ3n) is 19.2. The highest BCUT2D eigenvalue weighted by Crippen LogP contribution is 2.56. The van der Waals surface area contributed by atoms with Crippen LogP contribution in [0.5, 0.6) is 0 Å². The van der Waals surface area contributed by atoms with Gasteiger partial charge in [-0.05, 0) is 166 Å². The molecule has 0 radical (unpaired) electrons. The first-order valence-corrected chi connectivity index (χ1v) is 48.4. The second-order valence-corrected chi connectivity index (χ2v) is 38.1. The number of phosphoric acid groups is 3. The molecule has 0 aliphatic heterocycles. The van der Waals surface area contributed by atoms with E-state index in [1.165, 1.54) is 44.8 Å². The van der Waals surface area contributed by atoms with Gasteiger partial charge in [-0.15, -0.1) is 0 Å². The maximum atomic E-state index is 13.3. The molecule has 754 valence electrons. The number of carbonyl (C=O) groups is 4. The summed E-state index contributed by atoms with van der Waals surface area (Å²) in [6.45, 7) is 20.3. The number of phosphoric ester groups is 3. The summed E-state index contributed by atoms with van der Waals surface area (Å²) in [7, 11) is -6.38. The van der Waals surface area contributed by atoms with Crippen molar-refractivity contribution >= 4 is 69.8 Å². The third-order valence-corrected chi connectivity index (χ3v) is 22.8. The molecule has 0 saturated heterocycles. The average molecular weight is 2030 g/mol. The number of furan rings is 4. The highest BCUT2D eigenvalue weighted by Gasteiger charge is 2.38. The molecule has 16 rings (SSSR count). The zero-order valence-electron chi connectivity index (χ0n) is 80.2. The lowest BCUT2D eigenvalue weighted by Crippen LogP contribution is -2.25. The van der Waals surface area contributed by atoms with Crippen LogP contribution in [0.3, 0.4) is 0 Å². The number of amides is 4. The van der Waals surface area contributed by atoms with Crippen LogP contribution in [0.1, 0.15) is 110 Å². The molecule has 51 heteroatoms. The van der Waals surface area contributed by atoms with Crippen LogP contribution >= 0.6 is 23.5 Å². The molecule has 0 fully saturated rings. The number of H-pyrrole nitrogens is 1. The lowest BCUT2D eigenvalue weighted by Gasteiger charge is -2.30. The lowest BCUT2D eigenvalue weighted by atomic mass is 10.2. The number of nitrogens with one attached hydrogen (secondary N) is 5. The predicted octanol–water partition coefficient (Wildman–Crippen LogP) is 15.7. The van der Waals surface area contributed by atoms with Gasteiger partial charge in [-0.3, -0.25) is 90.1 Å². The van der Waals surface area contributed by atoms with Gasteiger partial charge in [-0.25, -0.2) is 27.7 Å². The lowest BCUT2D eigenvalue weighted by molar-refractivity contribution is -0.00770. The summed E-state index contributed by atoms with van der Waals surface area (Å²) in [6.07, 6.45) is 24.3. The maximum absolute atomic E-state index is 13.3. The first kappa shape index (κ1) is 106. The monoisotopic (exact) mass is 2020 g/mol. The fraction of sp³-hybridized carbons (Fsp3) is 0.304. The van der Waals surface area contributed by atoms with Crippen LogP contribution in [-0.4, -0.2) is 209 Å². The minimum atomic E-state index is -4.62. The Labute approximate surface area is 818 Å². The van der Waals surface area contributed by atoms with Gasteiger partial charge < -0.3 is 72.6 Å². The molecule has 0 bridgehead atoms. The van der Waals surface area contributed by atoms with E-state index in [1.54, 1.807) is 251 Å². The van der Waals surface area contributed by atoms with Gasteiger partial charge in [0, 0.05) is 102 Å². The van der Waals surface area contributed by atoms with E-state index in [-0.39, 0.29) is 42.4 Å². The summed E-state index contributed by atoms with van der Waals surface area (Å²) < 4.78 is 122. The van der Waals surface area contributed by atoms with Crippen molar-refractivity contribution in [2.75, 3.05) is 76.1 Å². The third kappa shape index (κ3) is 31.0. The summed E-state index contributed by atoms with van der Waals surface area (Å²) in [6, 6.07) is 34.7. The fourth-order valence-corrected chi connectivity index (χ4v) is 16.0. The Morgan fingerprint density at radius 1 is 0.371 bits per heavy atom. The van der Waals surface area contributed by atoms with E-state index in [2.05, 4.69) is 91.6 Å². The molecule has 48 nitrogen and oxygen atoms in total. The van der Waals surface area contributed by atoms with E-state index in [4.69, 9.17) is 69.0 Å². The van der Waals surface area contributed by atoms with Crippen LogP contribution in [0.15, 0.2) is 232 Å². The Kier molecular flexibility index (Phi) is 35.4. The van der Waals surface area contributed by atoms with Gasteiger partial charge >= 0.3 is 23.5 Å². The van der Waals surface area contributed by atoms with Crippen LogP contribution in [0.2, 0.25) is 0 Å². The number of methoxy groups -OCH3 is 4. The molecule has 16 aromatic heterocycles. The summed E-state index contributed by atoms with van der Waals surface area (Å²) in [5.41, 5.74) is 7.47. The van der Waals surface area contributed by atoms with Gasteiger partial charge in [-0.1, -0.05) is 24.3 Å². The molecule has 0 aliphatic carbocycles. The molecule has 0 saturated carbocycles. The Morgan fingerprint density at radius 2 is 0.664 bits per heavy atom. The van der Waals surface area contributed by atoms with E-state index in [0.717, 1.165) is 11.3 Å². The van der Waals surface area contributed by atoms with Crippen LogP contribution in [0.25, 0.3) is 90.8 Å². The van der Waals surface area contributed by atoms with Gasteiger partial charge in [0.05, 0.1) is 162 Å². The first-order chi connectivity index (χ1) is 68.2. The van der Waals surface area contributed by atoms with Gasteiger partial charge in [0.25, 0.3) is 23.6 Å². The molecule has 0 spiro atoms. The number of hydrogen-bond acceptors (Lipinski definition) is 33. The second kappa shape index (κ2) is 47.8. The molecule has 0 aromatic carbocycles. The summed E-state index contributed by atoms with van der Waals surface area (Å²) in [5.74, 6) is 0.293. The number of ether oxygens (including phenoxy) is 4.